The molecule has 1 N–H and O–H groups in total. The first-order chi connectivity index (χ1) is 12.2. The van der Waals surface area contributed by atoms with Crippen molar-refractivity contribution in [2.24, 2.45) is 11.3 Å². The second kappa shape index (κ2) is 10.9. The zero-order chi connectivity index (χ0) is 21.4. The van der Waals surface area contributed by atoms with Gasteiger partial charge in [0.25, 0.3) is 10.1 Å². The van der Waals surface area contributed by atoms with Crippen molar-refractivity contribution in [2.45, 2.75) is 53.4 Å². The number of carbonyl (C=O) groups excluding carboxylic acids is 2. The van der Waals surface area contributed by atoms with Gasteiger partial charge in [-0.1, -0.05) is 27.7 Å². The normalized spacial score (nSPS) is 14.8. The largest absolute Gasteiger partial charge is 0.425 e. The van der Waals surface area contributed by atoms with Crippen molar-refractivity contribution in [1.29, 1.82) is 0 Å². The third kappa shape index (κ3) is 10.6. The maximum atomic E-state index is 12.0. The third-order valence-corrected chi connectivity index (χ3v) is 5.29. The van der Waals surface area contributed by atoms with Crippen LogP contribution < -0.4 is 0 Å². The maximum Gasteiger partial charge on any atom is 0.338 e. The van der Waals surface area contributed by atoms with Crippen LogP contribution in [0.1, 0.15) is 41.0 Å². The molecule has 27 heavy (non-hydrogen) atoms. The van der Waals surface area contributed by atoms with Gasteiger partial charge in [-0.25, -0.2) is 13.2 Å². The Morgan fingerprint density at radius 1 is 1.07 bits per heavy atom. The highest BCUT2D eigenvalue weighted by Crippen LogP contribution is 2.24. The van der Waals surface area contributed by atoms with Crippen molar-refractivity contribution >= 4 is 32.8 Å². The summed E-state index contributed by atoms with van der Waals surface area (Å²) in [6.45, 7) is 6.74. The van der Waals surface area contributed by atoms with Crippen LogP contribution in [0.5, 0.6) is 0 Å². The van der Waals surface area contributed by atoms with E-state index in [4.69, 9.17) is 13.7 Å². The van der Waals surface area contributed by atoms with Gasteiger partial charge in [-0.3, -0.25) is 8.98 Å². The Bertz CT molecular complexity index is 671. The first-order valence-electron chi connectivity index (χ1n) is 8.26. The smallest absolute Gasteiger partial charge is 0.338 e. The lowest BCUT2D eigenvalue weighted by atomic mass is 9.88. The number of rotatable bonds is 12. The Balaban J connectivity index is 4.66. The van der Waals surface area contributed by atoms with Crippen molar-refractivity contribution < 1.29 is 45.2 Å². The van der Waals surface area contributed by atoms with Crippen LogP contribution in [0.15, 0.2) is 0 Å². The molecule has 0 heterocycles. The van der Waals surface area contributed by atoms with E-state index in [-0.39, 0.29) is 12.2 Å². The van der Waals surface area contributed by atoms with Gasteiger partial charge in [0.1, 0.15) is 10.7 Å². The standard InChI is InChI=1S/C15H28O10S2/c1-10(2)13(17)24-11(3)25-14(18)12(16)15(4,5)9-23-27(21,22)8-6-7-26(19)20/h10-12,16,26H,6-9H2,1-5H3/t11?,12-/m0/s1. The minimum Gasteiger partial charge on any atom is -0.425 e. The number of aliphatic hydroxyl groups is 1. The number of hydrogen-bond acceptors (Lipinski definition) is 10. The molecule has 0 aliphatic carbocycles. The number of esters is 2. The summed E-state index contributed by atoms with van der Waals surface area (Å²) < 4.78 is 58.8. The van der Waals surface area contributed by atoms with Crippen LogP contribution >= 0.6 is 0 Å². The fourth-order valence-corrected chi connectivity index (χ4v) is 3.35. The molecule has 0 aromatic heterocycles. The lowest BCUT2D eigenvalue weighted by molar-refractivity contribution is -0.196. The van der Waals surface area contributed by atoms with Crippen LogP contribution in [0.4, 0.5) is 0 Å². The molecule has 10 nitrogen and oxygen atoms in total. The zero-order valence-electron chi connectivity index (χ0n) is 16.0. The average molecular weight is 433 g/mol. The summed E-state index contributed by atoms with van der Waals surface area (Å²) in [5, 5.41) is 10.1. The molecule has 0 aliphatic rings. The Labute approximate surface area is 161 Å². The molecule has 0 aromatic rings. The van der Waals surface area contributed by atoms with Crippen molar-refractivity contribution in [3.63, 3.8) is 0 Å². The van der Waals surface area contributed by atoms with E-state index >= 15 is 0 Å². The quantitative estimate of drug-likeness (QED) is 0.184. The molecule has 160 valence electrons. The highest BCUT2D eigenvalue weighted by Gasteiger charge is 2.37. The first-order valence-corrected chi connectivity index (χ1v) is 11.2. The van der Waals surface area contributed by atoms with Gasteiger partial charge in [-0.15, -0.1) is 0 Å². The van der Waals surface area contributed by atoms with Crippen LogP contribution in [-0.2, 0) is 44.1 Å². The van der Waals surface area contributed by atoms with Crippen LogP contribution in [0.25, 0.3) is 0 Å². The third-order valence-electron chi connectivity index (χ3n) is 3.34. The molecule has 2 atom stereocenters. The van der Waals surface area contributed by atoms with Gasteiger partial charge < -0.3 is 14.6 Å². The SMILES string of the molecule is CC(OC(=O)C(C)C)OC(=O)[C@H](O)C(C)(C)COS(=O)(=O)CCC[SH](=O)=O. The summed E-state index contributed by atoms with van der Waals surface area (Å²) >= 11 is 0. The lowest BCUT2D eigenvalue weighted by Crippen LogP contribution is -2.43. The van der Waals surface area contributed by atoms with E-state index < -0.39 is 68.8 Å². The van der Waals surface area contributed by atoms with Gasteiger partial charge in [0.2, 0.25) is 6.29 Å². The van der Waals surface area contributed by atoms with Crippen LogP contribution in [-0.4, -0.2) is 64.4 Å². The molecule has 0 radical (unpaired) electrons. The lowest BCUT2D eigenvalue weighted by Gasteiger charge is -2.29. The molecule has 0 saturated carbocycles. The molecule has 1 unspecified atom stereocenters. The van der Waals surface area contributed by atoms with E-state index in [0.717, 1.165) is 0 Å². The van der Waals surface area contributed by atoms with Gasteiger partial charge in [-0.05, 0) is 6.42 Å². The fourth-order valence-electron chi connectivity index (χ4n) is 1.62. The van der Waals surface area contributed by atoms with E-state index in [2.05, 4.69) is 0 Å². The summed E-state index contributed by atoms with van der Waals surface area (Å²) in [4.78, 5) is 23.4. The number of carbonyl (C=O) groups is 2. The van der Waals surface area contributed by atoms with Gasteiger partial charge in [0.05, 0.1) is 18.3 Å². The van der Waals surface area contributed by atoms with Crippen molar-refractivity contribution in [3.8, 4) is 0 Å². The van der Waals surface area contributed by atoms with Gasteiger partial charge in [0.15, 0.2) is 6.10 Å². The minimum atomic E-state index is -4.02. The van der Waals surface area contributed by atoms with E-state index in [9.17, 15) is 31.5 Å². The van der Waals surface area contributed by atoms with E-state index in [1.165, 1.54) is 20.8 Å². The summed E-state index contributed by atoms with van der Waals surface area (Å²) in [5.41, 5.74) is -1.34. The predicted octanol–water partition coefficient (Wildman–Crippen LogP) is -0.190. The summed E-state index contributed by atoms with van der Waals surface area (Å²) in [7, 11) is -6.70. The average Bonchev–Trinajstić information content (AvgIpc) is 2.51. The topological polar surface area (TPSA) is 150 Å². The zero-order valence-corrected chi connectivity index (χ0v) is 17.7. The van der Waals surface area contributed by atoms with Gasteiger partial charge >= 0.3 is 11.9 Å². The van der Waals surface area contributed by atoms with Crippen LogP contribution in [0, 0.1) is 11.3 Å². The molecule has 0 rings (SSSR count). The number of ether oxygens (including phenoxy) is 2. The Kier molecular flexibility index (Phi) is 10.4. The van der Waals surface area contributed by atoms with E-state index in [1.807, 2.05) is 0 Å². The van der Waals surface area contributed by atoms with Crippen LogP contribution in [0.3, 0.4) is 0 Å². The molecule has 0 aromatic carbocycles. The Morgan fingerprint density at radius 3 is 2.07 bits per heavy atom. The molecule has 12 heteroatoms. The number of hydrogen-bond donors (Lipinski definition) is 2. The molecule has 0 fully saturated rings. The second-order valence-electron chi connectivity index (χ2n) is 6.92. The molecule has 0 aliphatic heterocycles. The molecule has 0 spiro atoms. The van der Waals surface area contributed by atoms with Crippen molar-refractivity contribution in [1.82, 2.24) is 0 Å². The number of thiol groups is 1. The monoisotopic (exact) mass is 432 g/mol. The summed E-state index contributed by atoms with van der Waals surface area (Å²) in [6, 6.07) is 0. The first kappa shape index (κ1) is 25.8. The predicted molar refractivity (Wildman–Crippen MR) is 95.8 cm³/mol. The molecule has 0 bridgehead atoms. The van der Waals surface area contributed by atoms with E-state index in [0.29, 0.717) is 0 Å². The highest BCUT2D eigenvalue weighted by molar-refractivity contribution is 7.86. The molecule has 0 amide bonds. The molecular weight excluding hydrogens is 404 g/mol. The van der Waals surface area contributed by atoms with Gasteiger partial charge in [-0.2, -0.15) is 8.42 Å². The Hall–Kier alpha value is -1.24. The second-order valence-corrected chi connectivity index (χ2v) is 9.79. The van der Waals surface area contributed by atoms with Crippen molar-refractivity contribution in [2.75, 3.05) is 18.1 Å². The Morgan fingerprint density at radius 2 is 1.59 bits per heavy atom. The fraction of sp³-hybridized carbons (Fsp3) is 0.867. The molecule has 0 saturated heterocycles. The summed E-state index contributed by atoms with van der Waals surface area (Å²) in [6.07, 6.45) is -3.09. The minimum absolute atomic E-state index is 0.120. The summed E-state index contributed by atoms with van der Waals surface area (Å²) in [5.74, 6) is -2.91. The van der Waals surface area contributed by atoms with Gasteiger partial charge in [0, 0.05) is 18.1 Å². The number of aliphatic hydroxyl groups excluding tert-OH is 1. The van der Waals surface area contributed by atoms with Crippen LogP contribution in [0.2, 0.25) is 0 Å². The highest BCUT2D eigenvalue weighted by atomic mass is 32.2. The van der Waals surface area contributed by atoms with Crippen molar-refractivity contribution in [3.05, 3.63) is 0 Å². The maximum absolute atomic E-state index is 12.0. The molecular formula is C15H28O10S2. The van der Waals surface area contributed by atoms with E-state index in [1.54, 1.807) is 13.8 Å².